The Bertz CT molecular complexity index is 838. The molecule has 0 bridgehead atoms. The van der Waals surface area contributed by atoms with Gasteiger partial charge in [-0.25, -0.2) is 9.18 Å². The molecule has 0 spiro atoms. The van der Waals surface area contributed by atoms with E-state index in [1.54, 1.807) is 24.3 Å². The first-order valence-corrected chi connectivity index (χ1v) is 9.26. The first-order chi connectivity index (χ1) is 13.5. The number of benzene rings is 2. The lowest BCUT2D eigenvalue weighted by molar-refractivity contribution is -0.132. The number of hydrogen-bond donors (Lipinski definition) is 1. The summed E-state index contributed by atoms with van der Waals surface area (Å²) in [4.78, 5) is 26.5. The minimum atomic E-state index is -1.18. The van der Waals surface area contributed by atoms with Gasteiger partial charge in [0.2, 0.25) is 0 Å². The van der Waals surface area contributed by atoms with Crippen LogP contribution >= 0.6 is 0 Å². The van der Waals surface area contributed by atoms with Crippen molar-refractivity contribution >= 4 is 11.9 Å². The number of nitrogens with zero attached hydrogens (tertiary/aromatic N) is 1. The van der Waals surface area contributed by atoms with Crippen LogP contribution in [0, 0.1) is 5.82 Å². The Hall–Kier alpha value is -3.09. The van der Waals surface area contributed by atoms with E-state index in [0.29, 0.717) is 24.3 Å². The summed E-state index contributed by atoms with van der Waals surface area (Å²) in [5.74, 6) is 0.612. The molecule has 3 rings (SSSR count). The van der Waals surface area contributed by atoms with Crippen LogP contribution in [0.4, 0.5) is 9.18 Å². The molecule has 28 heavy (non-hydrogen) atoms. The lowest BCUT2D eigenvalue weighted by Crippen LogP contribution is -2.43. The third-order valence-electron chi connectivity index (χ3n) is 4.76. The van der Waals surface area contributed by atoms with Crippen molar-refractivity contribution in [1.29, 1.82) is 0 Å². The van der Waals surface area contributed by atoms with Crippen LogP contribution in [-0.4, -0.2) is 36.6 Å². The van der Waals surface area contributed by atoms with Crippen LogP contribution < -0.4 is 14.8 Å². The zero-order valence-electron chi connectivity index (χ0n) is 15.9. The smallest absolute Gasteiger partial charge is 0.325 e. The van der Waals surface area contributed by atoms with E-state index in [1.165, 1.54) is 24.3 Å². The molecule has 0 aromatic heterocycles. The number of hydrogen-bond acceptors (Lipinski definition) is 4. The summed E-state index contributed by atoms with van der Waals surface area (Å²) < 4.78 is 24.3. The minimum Gasteiger partial charge on any atom is -0.494 e. The van der Waals surface area contributed by atoms with Gasteiger partial charge in [-0.15, -0.1) is 0 Å². The molecule has 3 amide bonds. The Morgan fingerprint density at radius 3 is 2.14 bits per heavy atom. The molecular weight excluding hydrogens is 363 g/mol. The van der Waals surface area contributed by atoms with Crippen LogP contribution in [0.5, 0.6) is 11.5 Å². The van der Waals surface area contributed by atoms with E-state index in [1.807, 2.05) is 13.8 Å². The lowest BCUT2D eigenvalue weighted by Gasteiger charge is -2.25. The van der Waals surface area contributed by atoms with Crippen LogP contribution in [0.1, 0.15) is 25.8 Å². The Morgan fingerprint density at radius 2 is 1.57 bits per heavy atom. The van der Waals surface area contributed by atoms with E-state index in [4.69, 9.17) is 9.47 Å². The summed E-state index contributed by atoms with van der Waals surface area (Å²) in [7, 11) is 0. The van der Waals surface area contributed by atoms with Crippen molar-refractivity contribution in [2.75, 3.05) is 19.8 Å². The number of urea groups is 1. The van der Waals surface area contributed by atoms with Crippen molar-refractivity contribution < 1.29 is 23.5 Å². The number of carbonyl (C=O) groups excluding carboxylic acids is 2. The van der Waals surface area contributed by atoms with E-state index < -0.39 is 17.4 Å². The second-order valence-corrected chi connectivity index (χ2v) is 6.41. The van der Waals surface area contributed by atoms with Gasteiger partial charge in [0, 0.05) is 0 Å². The first kappa shape index (κ1) is 19.7. The zero-order chi connectivity index (χ0) is 20.1. The molecule has 7 heteroatoms. The summed E-state index contributed by atoms with van der Waals surface area (Å²) in [5.41, 5.74) is -0.617. The highest BCUT2D eigenvalue weighted by Gasteiger charge is 2.51. The average Bonchev–Trinajstić information content (AvgIpc) is 2.95. The van der Waals surface area contributed by atoms with Gasteiger partial charge in [0.25, 0.3) is 5.91 Å². The summed E-state index contributed by atoms with van der Waals surface area (Å²) in [5, 5.41) is 2.77. The van der Waals surface area contributed by atoms with E-state index in [9.17, 15) is 14.0 Å². The number of imide groups is 1. The molecule has 1 fully saturated rings. The second kappa shape index (κ2) is 8.29. The Kier molecular flexibility index (Phi) is 5.82. The molecular formula is C21H23FN2O4. The molecule has 148 valence electrons. The van der Waals surface area contributed by atoms with Gasteiger partial charge < -0.3 is 14.8 Å². The molecule has 0 radical (unpaired) electrons. The van der Waals surface area contributed by atoms with Crippen molar-refractivity contribution in [1.82, 2.24) is 10.2 Å². The van der Waals surface area contributed by atoms with Gasteiger partial charge in [-0.05, 0) is 55.3 Å². The summed E-state index contributed by atoms with van der Waals surface area (Å²) >= 11 is 0. The van der Waals surface area contributed by atoms with Crippen LogP contribution in [0.2, 0.25) is 0 Å². The normalized spacial score (nSPS) is 18.9. The number of rotatable bonds is 8. The van der Waals surface area contributed by atoms with Crippen molar-refractivity contribution in [2.24, 2.45) is 0 Å². The molecule has 2 aromatic rings. The average molecular weight is 386 g/mol. The van der Waals surface area contributed by atoms with Crippen molar-refractivity contribution in [3.8, 4) is 11.5 Å². The molecule has 2 aromatic carbocycles. The zero-order valence-corrected chi connectivity index (χ0v) is 15.9. The number of ether oxygens (including phenoxy) is 2. The van der Waals surface area contributed by atoms with Crippen molar-refractivity contribution in [2.45, 2.75) is 25.8 Å². The monoisotopic (exact) mass is 386 g/mol. The quantitative estimate of drug-likeness (QED) is 0.706. The van der Waals surface area contributed by atoms with Gasteiger partial charge in [0.1, 0.15) is 29.5 Å². The van der Waals surface area contributed by atoms with Gasteiger partial charge in [0.15, 0.2) is 0 Å². The van der Waals surface area contributed by atoms with Crippen LogP contribution in [-0.2, 0) is 10.3 Å². The van der Waals surface area contributed by atoms with Crippen molar-refractivity contribution in [3.63, 3.8) is 0 Å². The van der Waals surface area contributed by atoms with E-state index in [0.717, 1.165) is 10.6 Å². The molecule has 0 unspecified atom stereocenters. The molecule has 0 saturated carbocycles. The third kappa shape index (κ3) is 3.78. The highest BCUT2D eigenvalue weighted by Crippen LogP contribution is 2.32. The fourth-order valence-electron chi connectivity index (χ4n) is 3.26. The van der Waals surface area contributed by atoms with Gasteiger partial charge >= 0.3 is 6.03 Å². The Balaban J connectivity index is 1.65. The lowest BCUT2D eigenvalue weighted by atomic mass is 9.87. The summed E-state index contributed by atoms with van der Waals surface area (Å²) in [6.45, 7) is 4.57. The number of halogens is 1. The molecule has 1 saturated heterocycles. The molecule has 1 N–H and O–H groups in total. The highest BCUT2D eigenvalue weighted by atomic mass is 19.1. The molecule has 1 atom stereocenters. The van der Waals surface area contributed by atoms with E-state index in [2.05, 4.69) is 5.32 Å². The van der Waals surface area contributed by atoms with Gasteiger partial charge in [0.05, 0.1) is 13.2 Å². The molecule has 1 heterocycles. The predicted octanol–water partition coefficient (Wildman–Crippen LogP) is 3.46. The summed E-state index contributed by atoms with van der Waals surface area (Å²) in [6.07, 6.45) is 0.361. The Labute approximate surface area is 163 Å². The summed E-state index contributed by atoms with van der Waals surface area (Å²) in [6, 6.07) is 12.3. The van der Waals surface area contributed by atoms with E-state index in [-0.39, 0.29) is 19.1 Å². The molecule has 1 aliphatic heterocycles. The SMILES string of the molecule is CCOc1ccc(OCCN2C(=O)N[C@@](CC)(c3ccc(F)cc3)C2=O)cc1. The van der Waals surface area contributed by atoms with Gasteiger partial charge in [-0.2, -0.15) is 0 Å². The van der Waals surface area contributed by atoms with Crippen molar-refractivity contribution in [3.05, 3.63) is 59.9 Å². The number of carbonyl (C=O) groups is 2. The topological polar surface area (TPSA) is 67.9 Å². The maximum atomic E-state index is 13.2. The number of nitrogens with one attached hydrogen (secondary N) is 1. The molecule has 0 aliphatic carbocycles. The fraction of sp³-hybridized carbons (Fsp3) is 0.333. The highest BCUT2D eigenvalue weighted by molar-refractivity contribution is 6.07. The molecule has 6 nitrogen and oxygen atoms in total. The fourth-order valence-corrected chi connectivity index (χ4v) is 3.26. The van der Waals surface area contributed by atoms with Crippen LogP contribution in [0.3, 0.4) is 0 Å². The first-order valence-electron chi connectivity index (χ1n) is 9.26. The largest absolute Gasteiger partial charge is 0.494 e. The van der Waals surface area contributed by atoms with Crippen LogP contribution in [0.25, 0.3) is 0 Å². The minimum absolute atomic E-state index is 0.112. The predicted molar refractivity (Wildman–Crippen MR) is 102 cm³/mol. The maximum Gasteiger partial charge on any atom is 0.325 e. The van der Waals surface area contributed by atoms with E-state index >= 15 is 0 Å². The van der Waals surface area contributed by atoms with Crippen LogP contribution in [0.15, 0.2) is 48.5 Å². The molecule has 1 aliphatic rings. The maximum absolute atomic E-state index is 13.2. The van der Waals surface area contributed by atoms with Gasteiger partial charge in [-0.1, -0.05) is 19.1 Å². The van der Waals surface area contributed by atoms with Gasteiger partial charge in [-0.3, -0.25) is 9.69 Å². The second-order valence-electron chi connectivity index (χ2n) is 6.41. The number of amides is 3. The third-order valence-corrected chi connectivity index (χ3v) is 4.76. The Morgan fingerprint density at radius 1 is 0.964 bits per heavy atom. The standard InChI is InChI=1S/C21H23FN2O4/c1-3-21(15-5-7-16(22)8-6-15)19(25)24(20(26)23-21)13-14-28-18-11-9-17(10-12-18)27-4-2/h5-12H,3-4,13-14H2,1-2H3,(H,23,26)/t21-/m0/s1.